The highest BCUT2D eigenvalue weighted by Gasteiger charge is 2.38. The number of benzene rings is 7. The summed E-state index contributed by atoms with van der Waals surface area (Å²) in [5.74, 6) is 0. The van der Waals surface area contributed by atoms with Gasteiger partial charge in [-0.05, 0) is 110 Å². The number of fused-ring (bicyclic) bond motifs is 5. The number of anilines is 4. The molecule has 2 aliphatic heterocycles. The van der Waals surface area contributed by atoms with Gasteiger partial charge in [-0.3, -0.25) is 0 Å². The molecule has 0 N–H and O–H groups in total. The molecule has 2 heteroatoms. The summed E-state index contributed by atoms with van der Waals surface area (Å²) in [6.45, 7) is 16.3. The lowest BCUT2D eigenvalue weighted by molar-refractivity contribution is 0.467. The molecule has 0 aromatic heterocycles. The normalized spacial score (nSPS) is 17.5. The zero-order valence-electron chi connectivity index (χ0n) is 33.9. The molecule has 2 heterocycles. The highest BCUT2D eigenvalue weighted by molar-refractivity contribution is 6.26. The smallest absolute Gasteiger partial charge is 0.0491 e. The highest BCUT2D eigenvalue weighted by Crippen LogP contribution is 2.52. The van der Waals surface area contributed by atoms with Crippen molar-refractivity contribution in [2.75, 3.05) is 22.9 Å². The van der Waals surface area contributed by atoms with Crippen molar-refractivity contribution in [3.63, 3.8) is 0 Å². The minimum atomic E-state index is -0.114. The van der Waals surface area contributed by atoms with Gasteiger partial charge in [0.05, 0.1) is 0 Å². The van der Waals surface area contributed by atoms with Crippen LogP contribution < -0.4 is 9.80 Å². The topological polar surface area (TPSA) is 6.48 Å². The molecule has 0 saturated carbocycles. The number of hydrogen-bond donors (Lipinski definition) is 0. The van der Waals surface area contributed by atoms with Crippen molar-refractivity contribution in [3.05, 3.63) is 167 Å². The lowest BCUT2D eigenvalue weighted by atomic mass is 9.77. The lowest BCUT2D eigenvalue weighted by Gasteiger charge is -2.40. The molecule has 8 aromatic carbocycles. The molecule has 0 saturated heterocycles. The van der Waals surface area contributed by atoms with E-state index >= 15 is 0 Å². The van der Waals surface area contributed by atoms with Crippen LogP contribution in [0.25, 0.3) is 55.6 Å². The third-order valence-electron chi connectivity index (χ3n) is 14.0. The SMILES string of the molecule is CC1(C)CCN(c2ccc3c(c2)C(C)(C)c2cc(C=Cc4ccc5ccc6c(N7CCC(C)(C)c8ccccc87)ccc7c#cc4c5c76)ccc2-3)c2ccccc21. The summed E-state index contributed by atoms with van der Waals surface area (Å²) >= 11 is 0. The fourth-order valence-electron chi connectivity index (χ4n) is 10.6. The molecular formula is C55H48N2. The predicted octanol–water partition coefficient (Wildman–Crippen LogP) is 14.3. The van der Waals surface area contributed by atoms with Crippen molar-refractivity contribution < 1.29 is 0 Å². The van der Waals surface area contributed by atoms with Crippen molar-refractivity contribution in [1.82, 2.24) is 0 Å². The van der Waals surface area contributed by atoms with Crippen molar-refractivity contribution in [2.24, 2.45) is 0 Å². The van der Waals surface area contributed by atoms with Crippen LogP contribution in [-0.4, -0.2) is 13.1 Å². The molecule has 0 atom stereocenters. The van der Waals surface area contributed by atoms with Gasteiger partial charge in [0.15, 0.2) is 0 Å². The fraction of sp³-hybridized carbons (Fsp3) is 0.236. The van der Waals surface area contributed by atoms with Crippen LogP contribution in [-0.2, 0) is 16.2 Å². The van der Waals surface area contributed by atoms with Gasteiger partial charge in [0.25, 0.3) is 0 Å². The molecule has 0 fully saturated rings. The molecule has 11 rings (SSSR count). The first-order valence-corrected chi connectivity index (χ1v) is 20.8. The van der Waals surface area contributed by atoms with Crippen LogP contribution in [0.5, 0.6) is 0 Å². The largest absolute Gasteiger partial charge is 0.341 e. The second kappa shape index (κ2) is 12.0. The van der Waals surface area contributed by atoms with E-state index in [1.165, 1.54) is 88.8 Å². The first kappa shape index (κ1) is 34.2. The van der Waals surface area contributed by atoms with Gasteiger partial charge in [-0.2, -0.15) is 0 Å². The Morgan fingerprint density at radius 1 is 0.526 bits per heavy atom. The van der Waals surface area contributed by atoms with Gasteiger partial charge in [-0.25, -0.2) is 0 Å². The lowest BCUT2D eigenvalue weighted by Crippen LogP contribution is -2.34. The Balaban J connectivity index is 0.946. The second-order valence-electron chi connectivity index (χ2n) is 18.6. The van der Waals surface area contributed by atoms with E-state index in [1.807, 2.05) is 0 Å². The van der Waals surface area contributed by atoms with Gasteiger partial charge < -0.3 is 9.80 Å². The van der Waals surface area contributed by atoms with Crippen LogP contribution in [0.1, 0.15) is 87.8 Å². The van der Waals surface area contributed by atoms with Crippen LogP contribution in [0.2, 0.25) is 0 Å². The molecule has 0 bridgehead atoms. The Kier molecular flexibility index (Phi) is 7.20. The monoisotopic (exact) mass is 736 g/mol. The van der Waals surface area contributed by atoms with E-state index in [2.05, 4.69) is 197 Å². The molecule has 8 aromatic rings. The average Bonchev–Trinajstić information content (AvgIpc) is 3.44. The Bertz CT molecular complexity index is 2960. The number of hydrogen-bond acceptors (Lipinski definition) is 2. The molecule has 0 amide bonds. The zero-order chi connectivity index (χ0) is 38.8. The predicted molar refractivity (Wildman–Crippen MR) is 243 cm³/mol. The van der Waals surface area contributed by atoms with E-state index in [4.69, 9.17) is 0 Å². The third-order valence-corrected chi connectivity index (χ3v) is 14.0. The van der Waals surface area contributed by atoms with E-state index < -0.39 is 0 Å². The van der Waals surface area contributed by atoms with Crippen LogP contribution >= 0.6 is 0 Å². The quantitative estimate of drug-likeness (QED) is 0.131. The highest BCUT2D eigenvalue weighted by atomic mass is 15.2. The van der Waals surface area contributed by atoms with Gasteiger partial charge in [0, 0.05) is 68.2 Å². The van der Waals surface area contributed by atoms with Gasteiger partial charge in [-0.1, -0.05) is 151 Å². The van der Waals surface area contributed by atoms with E-state index in [-0.39, 0.29) is 16.2 Å². The Labute approximate surface area is 337 Å². The minimum Gasteiger partial charge on any atom is -0.341 e. The Hall–Kier alpha value is -6.04. The zero-order valence-corrected chi connectivity index (χ0v) is 33.9. The molecule has 0 spiro atoms. The Morgan fingerprint density at radius 3 is 1.93 bits per heavy atom. The van der Waals surface area contributed by atoms with Crippen molar-refractivity contribution >= 4 is 67.2 Å². The van der Waals surface area contributed by atoms with Crippen LogP contribution in [0, 0.1) is 12.1 Å². The fourth-order valence-corrected chi connectivity index (χ4v) is 10.6. The molecule has 2 nitrogen and oxygen atoms in total. The molecular weight excluding hydrogens is 689 g/mol. The first-order chi connectivity index (χ1) is 27.5. The van der Waals surface area contributed by atoms with Gasteiger partial charge >= 0.3 is 0 Å². The minimum absolute atomic E-state index is 0.114. The summed E-state index contributed by atoms with van der Waals surface area (Å²) < 4.78 is 0. The molecule has 0 unspecified atom stereocenters. The summed E-state index contributed by atoms with van der Waals surface area (Å²) in [5, 5.41) is 7.33. The van der Waals surface area contributed by atoms with E-state index in [0.29, 0.717) is 0 Å². The maximum absolute atomic E-state index is 3.61. The number of para-hydroxylation sites is 2. The van der Waals surface area contributed by atoms with Crippen molar-refractivity contribution in [1.29, 1.82) is 0 Å². The molecule has 1 aliphatic carbocycles. The standard InChI is InChI=1S/C55H48N2/c1-53(2)29-31-56(49-13-9-7-11-44(49)53)39-23-27-42-41-24-16-35(33-46(41)55(5,6)47(42)34-39)15-17-36-18-19-37-21-26-43-48(28-22-38-20-25-40(36)51(37)52(38)43)57-32-30-54(3,4)45-12-8-10-14-50(45)57/h7-19,21-24,26-28,33-34H,29-32H2,1-6H3. The number of rotatable bonds is 4. The van der Waals surface area contributed by atoms with Crippen LogP contribution in [0.15, 0.2) is 121 Å². The van der Waals surface area contributed by atoms with Gasteiger partial charge in [0.1, 0.15) is 0 Å². The number of nitrogens with zero attached hydrogens (tertiary/aromatic N) is 2. The summed E-state index contributed by atoms with van der Waals surface area (Å²) in [6, 6.07) is 53.0. The molecule has 57 heavy (non-hydrogen) atoms. The molecule has 0 radical (unpaired) electrons. The van der Waals surface area contributed by atoms with E-state index in [9.17, 15) is 0 Å². The first-order valence-electron chi connectivity index (χ1n) is 20.8. The Morgan fingerprint density at radius 2 is 1.18 bits per heavy atom. The summed E-state index contributed by atoms with van der Waals surface area (Å²) in [4.78, 5) is 5.08. The van der Waals surface area contributed by atoms with E-state index in [1.54, 1.807) is 0 Å². The summed E-state index contributed by atoms with van der Waals surface area (Å²) in [5.41, 5.74) is 16.2. The van der Waals surface area contributed by atoms with E-state index in [0.717, 1.165) is 36.7 Å². The molecule has 278 valence electrons. The third kappa shape index (κ3) is 5.04. The maximum Gasteiger partial charge on any atom is 0.0491 e. The van der Waals surface area contributed by atoms with Crippen molar-refractivity contribution in [3.8, 4) is 11.1 Å². The second-order valence-corrected chi connectivity index (χ2v) is 18.6. The maximum atomic E-state index is 3.61. The van der Waals surface area contributed by atoms with Crippen LogP contribution in [0.4, 0.5) is 22.7 Å². The molecule has 3 aliphatic rings. The van der Waals surface area contributed by atoms with Crippen LogP contribution in [0.3, 0.4) is 0 Å². The van der Waals surface area contributed by atoms with Gasteiger partial charge in [0.2, 0.25) is 0 Å². The average molecular weight is 737 g/mol. The summed E-state index contributed by atoms with van der Waals surface area (Å²) in [7, 11) is 0. The van der Waals surface area contributed by atoms with Crippen molar-refractivity contribution in [2.45, 2.75) is 70.6 Å². The summed E-state index contributed by atoms with van der Waals surface area (Å²) in [6.07, 6.45) is 6.81. The van der Waals surface area contributed by atoms with Gasteiger partial charge in [-0.15, -0.1) is 0 Å².